The molecule has 0 aliphatic carbocycles. The van der Waals surface area contributed by atoms with Crippen LogP contribution >= 0.6 is 0 Å². The zero-order valence-corrected chi connectivity index (χ0v) is 18.8. The van der Waals surface area contributed by atoms with Gasteiger partial charge in [-0.2, -0.15) is 18.4 Å². The third-order valence-corrected chi connectivity index (χ3v) is 7.45. The number of hydrogen-bond acceptors (Lipinski definition) is 4. The first-order chi connectivity index (χ1) is 15.7. The molecule has 1 spiro atoms. The summed E-state index contributed by atoms with van der Waals surface area (Å²) in [4.78, 5) is 31.4. The molecule has 3 fully saturated rings. The van der Waals surface area contributed by atoms with Gasteiger partial charge in [-0.1, -0.05) is 6.92 Å². The Bertz CT molecular complexity index is 957. The van der Waals surface area contributed by atoms with Gasteiger partial charge in [0.25, 0.3) is 0 Å². The number of nitriles is 1. The van der Waals surface area contributed by atoms with E-state index in [2.05, 4.69) is 0 Å². The Hall–Kier alpha value is -2.76. The molecule has 4 rings (SSSR count). The number of hydrogen-bond donors (Lipinski definition) is 0. The molecule has 1 aromatic carbocycles. The minimum atomic E-state index is -4.59. The topological polar surface area (TPSA) is 67.6 Å². The van der Waals surface area contributed by atoms with Crippen molar-refractivity contribution in [1.29, 1.82) is 5.26 Å². The number of rotatable bonds is 3. The lowest BCUT2D eigenvalue weighted by atomic mass is 9.76. The van der Waals surface area contributed by atoms with Gasteiger partial charge in [0.15, 0.2) is 0 Å². The van der Waals surface area contributed by atoms with Gasteiger partial charge in [0.1, 0.15) is 6.04 Å². The molecule has 0 radical (unpaired) electrons. The molecule has 3 aliphatic rings. The summed E-state index contributed by atoms with van der Waals surface area (Å²) in [5.41, 5.74) is -1.05. The number of nitrogens with zero attached hydrogens (tertiary/aromatic N) is 4. The van der Waals surface area contributed by atoms with Crippen molar-refractivity contribution in [2.24, 2.45) is 5.41 Å². The Morgan fingerprint density at radius 2 is 1.82 bits per heavy atom. The lowest BCUT2D eigenvalue weighted by molar-refractivity contribution is -0.143. The second-order valence-electron chi connectivity index (χ2n) is 9.45. The number of carbonyl (C=O) groups excluding carboxylic acids is 2. The first-order valence-electron chi connectivity index (χ1n) is 11.6. The molecule has 3 aliphatic heterocycles. The van der Waals surface area contributed by atoms with E-state index in [9.17, 15) is 22.8 Å². The summed E-state index contributed by atoms with van der Waals surface area (Å²) in [7, 11) is 0. The molecule has 3 saturated heterocycles. The van der Waals surface area contributed by atoms with Crippen molar-refractivity contribution < 1.29 is 22.8 Å². The molecule has 3 heterocycles. The molecule has 1 atom stereocenters. The van der Waals surface area contributed by atoms with Gasteiger partial charge in [-0.25, -0.2) is 0 Å². The molecule has 0 bridgehead atoms. The van der Waals surface area contributed by atoms with Crippen molar-refractivity contribution in [3.05, 3.63) is 29.3 Å². The monoisotopic (exact) mass is 462 g/mol. The number of carbonyl (C=O) groups is 2. The van der Waals surface area contributed by atoms with Gasteiger partial charge >= 0.3 is 6.18 Å². The fourth-order valence-electron chi connectivity index (χ4n) is 5.55. The van der Waals surface area contributed by atoms with Crippen LogP contribution in [0.2, 0.25) is 0 Å². The molecule has 1 unspecified atom stereocenters. The molecule has 33 heavy (non-hydrogen) atoms. The maximum atomic E-state index is 13.4. The summed E-state index contributed by atoms with van der Waals surface area (Å²) < 4.78 is 40.1. The van der Waals surface area contributed by atoms with Crippen molar-refractivity contribution in [2.75, 3.05) is 37.6 Å². The summed E-state index contributed by atoms with van der Waals surface area (Å²) in [5, 5.41) is 9.03. The standard InChI is InChI=1S/C24H29F3N4O2/c1-2-21(32)31-16-23(14-20(31)22(33)30-9-3-4-10-30)7-11-29(12-8-23)18-6-5-17(15-28)19(13-18)24(25,26)27/h5-6,13,20H,2-4,7-12,14,16H2,1H3. The van der Waals surface area contributed by atoms with Gasteiger partial charge in [0.05, 0.1) is 17.2 Å². The van der Waals surface area contributed by atoms with Gasteiger partial charge in [-0.15, -0.1) is 0 Å². The maximum absolute atomic E-state index is 13.4. The summed E-state index contributed by atoms with van der Waals surface area (Å²) in [6.07, 6.45) is -0.249. The van der Waals surface area contributed by atoms with Crippen molar-refractivity contribution in [3.63, 3.8) is 0 Å². The van der Waals surface area contributed by atoms with Gasteiger partial charge in [-0.05, 0) is 55.7 Å². The van der Waals surface area contributed by atoms with E-state index in [1.165, 1.54) is 6.07 Å². The van der Waals surface area contributed by atoms with Crippen LogP contribution < -0.4 is 4.90 Å². The number of halogens is 3. The second kappa shape index (κ2) is 8.88. The molecule has 0 saturated carbocycles. The minimum absolute atomic E-state index is 0.0197. The van der Waals surface area contributed by atoms with E-state index in [0.717, 1.165) is 32.0 Å². The third-order valence-electron chi connectivity index (χ3n) is 7.45. The fourth-order valence-corrected chi connectivity index (χ4v) is 5.55. The van der Waals surface area contributed by atoms with E-state index in [4.69, 9.17) is 5.26 Å². The van der Waals surface area contributed by atoms with E-state index in [1.54, 1.807) is 24.0 Å². The Morgan fingerprint density at radius 1 is 1.15 bits per heavy atom. The highest BCUT2D eigenvalue weighted by Gasteiger charge is 2.50. The predicted molar refractivity (Wildman–Crippen MR) is 116 cm³/mol. The van der Waals surface area contributed by atoms with Crippen molar-refractivity contribution in [3.8, 4) is 6.07 Å². The highest BCUT2D eigenvalue weighted by Crippen LogP contribution is 2.45. The lowest BCUT2D eigenvalue weighted by Crippen LogP contribution is -2.46. The van der Waals surface area contributed by atoms with Crippen molar-refractivity contribution >= 4 is 17.5 Å². The molecule has 1 aromatic rings. The summed E-state index contributed by atoms with van der Waals surface area (Å²) in [6.45, 7) is 4.90. The maximum Gasteiger partial charge on any atom is 0.417 e. The molecule has 2 amide bonds. The zero-order chi connectivity index (χ0) is 23.8. The molecule has 0 N–H and O–H groups in total. The first kappa shape index (κ1) is 23.4. The Morgan fingerprint density at radius 3 is 2.39 bits per heavy atom. The van der Waals surface area contributed by atoms with E-state index < -0.39 is 17.8 Å². The highest BCUT2D eigenvalue weighted by atomic mass is 19.4. The average Bonchev–Trinajstić information content (AvgIpc) is 3.47. The van der Waals surface area contributed by atoms with E-state index in [-0.39, 0.29) is 22.8 Å². The number of likely N-dealkylation sites (tertiary alicyclic amines) is 2. The van der Waals surface area contributed by atoms with Crippen LogP contribution in [0, 0.1) is 16.7 Å². The quantitative estimate of drug-likeness (QED) is 0.686. The third kappa shape index (κ3) is 4.53. The van der Waals surface area contributed by atoms with Gasteiger partial charge in [-0.3, -0.25) is 9.59 Å². The number of anilines is 1. The SMILES string of the molecule is CCC(=O)N1CC2(CCN(c3ccc(C#N)c(C(F)(F)F)c3)CC2)CC1C(=O)N1CCCC1. The summed E-state index contributed by atoms with van der Waals surface area (Å²) >= 11 is 0. The van der Waals surface area contributed by atoms with Crippen molar-refractivity contribution in [2.45, 2.75) is 57.7 Å². The highest BCUT2D eigenvalue weighted by molar-refractivity contribution is 5.88. The van der Waals surface area contributed by atoms with Crippen LogP contribution in [0.4, 0.5) is 18.9 Å². The summed E-state index contributed by atoms with van der Waals surface area (Å²) in [5.74, 6) is 0.0179. The van der Waals surface area contributed by atoms with Crippen LogP contribution in [-0.4, -0.2) is 60.4 Å². The lowest BCUT2D eigenvalue weighted by Gasteiger charge is -2.40. The van der Waals surface area contributed by atoms with Gasteiger partial charge in [0, 0.05) is 44.8 Å². The smallest absolute Gasteiger partial charge is 0.371 e. The number of alkyl halides is 3. The Balaban J connectivity index is 1.50. The molecule has 9 heteroatoms. The van der Waals surface area contributed by atoms with E-state index in [0.29, 0.717) is 51.0 Å². The summed E-state index contributed by atoms with van der Waals surface area (Å²) in [6, 6.07) is 5.03. The second-order valence-corrected chi connectivity index (χ2v) is 9.45. The number of amides is 2. The zero-order valence-electron chi connectivity index (χ0n) is 18.8. The first-order valence-corrected chi connectivity index (χ1v) is 11.6. The van der Waals surface area contributed by atoms with E-state index >= 15 is 0 Å². The van der Waals surface area contributed by atoms with Crippen LogP contribution in [0.1, 0.15) is 56.6 Å². The van der Waals surface area contributed by atoms with Crippen LogP contribution in [0.15, 0.2) is 18.2 Å². The average molecular weight is 463 g/mol. The largest absolute Gasteiger partial charge is 0.417 e. The van der Waals surface area contributed by atoms with Crippen LogP contribution in [0.5, 0.6) is 0 Å². The van der Waals surface area contributed by atoms with Gasteiger partial charge < -0.3 is 14.7 Å². The normalized spacial score (nSPS) is 22.6. The molecule has 6 nitrogen and oxygen atoms in total. The molecular formula is C24H29F3N4O2. The Labute approximate surface area is 191 Å². The van der Waals surface area contributed by atoms with E-state index in [1.807, 2.05) is 9.80 Å². The molecule has 178 valence electrons. The fraction of sp³-hybridized carbons (Fsp3) is 0.625. The molecule has 0 aromatic heterocycles. The number of piperidine rings is 1. The molecular weight excluding hydrogens is 433 g/mol. The van der Waals surface area contributed by atoms with Gasteiger partial charge in [0.2, 0.25) is 11.8 Å². The van der Waals surface area contributed by atoms with Crippen LogP contribution in [0.25, 0.3) is 0 Å². The predicted octanol–water partition coefficient (Wildman–Crippen LogP) is 3.80. The number of benzene rings is 1. The Kier molecular flexibility index (Phi) is 6.30. The van der Waals surface area contributed by atoms with Crippen LogP contribution in [-0.2, 0) is 15.8 Å². The van der Waals surface area contributed by atoms with Crippen molar-refractivity contribution in [1.82, 2.24) is 9.80 Å². The minimum Gasteiger partial charge on any atom is -0.371 e. The van der Waals surface area contributed by atoms with Crippen LogP contribution in [0.3, 0.4) is 0 Å².